The van der Waals surface area contributed by atoms with Gasteiger partial charge in [0.05, 0.1) is 0 Å². The second-order valence-electron chi connectivity index (χ2n) is 7.43. The van der Waals surface area contributed by atoms with E-state index >= 15 is 0 Å². The molecule has 32 heavy (non-hydrogen) atoms. The summed E-state index contributed by atoms with van der Waals surface area (Å²) in [4.78, 5) is 19.1. The van der Waals surface area contributed by atoms with Crippen LogP contribution in [0.25, 0.3) is 0 Å². The normalized spacial score (nSPS) is 13.5. The predicted molar refractivity (Wildman–Crippen MR) is 127 cm³/mol. The van der Waals surface area contributed by atoms with Gasteiger partial charge < -0.3 is 20.3 Å². The van der Waals surface area contributed by atoms with E-state index < -0.39 is 5.82 Å². The number of ether oxygens (including phenoxy) is 1. The molecular formula is C24H25FN4O2S. The van der Waals surface area contributed by atoms with Gasteiger partial charge in [-0.2, -0.15) is 11.8 Å². The molecule has 0 saturated carbocycles. The van der Waals surface area contributed by atoms with Crippen LogP contribution in [0.15, 0.2) is 60.8 Å². The fourth-order valence-electron chi connectivity index (χ4n) is 3.44. The Labute approximate surface area is 191 Å². The van der Waals surface area contributed by atoms with Gasteiger partial charge in [0, 0.05) is 60.3 Å². The van der Waals surface area contributed by atoms with E-state index in [2.05, 4.69) is 26.6 Å². The van der Waals surface area contributed by atoms with Crippen LogP contribution in [0, 0.1) is 12.7 Å². The summed E-state index contributed by atoms with van der Waals surface area (Å²) < 4.78 is 19.1. The van der Waals surface area contributed by atoms with Crippen LogP contribution in [0.5, 0.6) is 11.6 Å². The number of carbonyl (C=O) groups is 1. The summed E-state index contributed by atoms with van der Waals surface area (Å²) in [7, 11) is 0. The third-order valence-electron chi connectivity index (χ3n) is 5.13. The molecular weight excluding hydrogens is 427 g/mol. The molecule has 4 rings (SSSR count). The minimum Gasteiger partial charge on any atom is -0.439 e. The van der Waals surface area contributed by atoms with Crippen molar-refractivity contribution in [1.82, 2.24) is 10.3 Å². The molecule has 0 bridgehead atoms. The number of benzene rings is 2. The number of halogens is 1. The molecule has 1 aliphatic heterocycles. The zero-order valence-corrected chi connectivity index (χ0v) is 18.6. The van der Waals surface area contributed by atoms with E-state index in [1.54, 1.807) is 30.5 Å². The van der Waals surface area contributed by atoms with E-state index in [1.807, 2.05) is 30.8 Å². The average Bonchev–Trinajstić information content (AvgIpc) is 2.80. The molecule has 2 heterocycles. The van der Waals surface area contributed by atoms with Crippen molar-refractivity contribution in [2.75, 3.05) is 34.8 Å². The summed E-state index contributed by atoms with van der Waals surface area (Å²) in [6.45, 7) is 4.29. The Morgan fingerprint density at radius 1 is 1.16 bits per heavy atom. The van der Waals surface area contributed by atoms with Gasteiger partial charge in [-0.05, 0) is 48.9 Å². The number of anilines is 2. The maximum Gasteiger partial charge on any atom is 0.319 e. The molecule has 8 heteroatoms. The molecule has 3 aromatic rings. The number of carbonyl (C=O) groups excluding carboxylic acids is 1. The van der Waals surface area contributed by atoms with Gasteiger partial charge in [-0.1, -0.05) is 12.1 Å². The van der Waals surface area contributed by atoms with Gasteiger partial charge in [-0.25, -0.2) is 14.2 Å². The number of amides is 2. The Hall–Kier alpha value is -3.26. The number of urea groups is 1. The molecule has 1 aliphatic rings. The highest BCUT2D eigenvalue weighted by Crippen LogP contribution is 2.26. The molecule has 0 aliphatic carbocycles. The maximum absolute atomic E-state index is 13.4. The van der Waals surface area contributed by atoms with E-state index in [9.17, 15) is 9.18 Å². The minimum atomic E-state index is -0.391. The van der Waals surface area contributed by atoms with Crippen LogP contribution < -0.4 is 20.3 Å². The number of aryl methyl sites for hydroxylation is 1. The van der Waals surface area contributed by atoms with Crippen LogP contribution in [-0.4, -0.2) is 35.6 Å². The van der Waals surface area contributed by atoms with Crippen molar-refractivity contribution in [2.45, 2.75) is 13.5 Å². The first kappa shape index (κ1) is 22.0. The van der Waals surface area contributed by atoms with Crippen molar-refractivity contribution in [2.24, 2.45) is 0 Å². The number of hydrogen-bond donors (Lipinski definition) is 2. The SMILES string of the molecule is Cc1cc(N2CCSCC2)ccc1NC(=O)NCc1cccnc1Oc1cccc(F)c1. The standard InChI is InChI=1S/C24H25FN4O2S/c1-17-14-20(29-10-12-32-13-11-29)7-8-22(17)28-24(30)27-16-18-4-3-9-26-23(18)31-21-6-2-5-19(25)15-21/h2-9,14-15H,10-13,16H2,1H3,(H2,27,28,30). The van der Waals surface area contributed by atoms with Crippen LogP contribution in [0.1, 0.15) is 11.1 Å². The third kappa shape index (κ3) is 5.70. The Morgan fingerprint density at radius 2 is 2.00 bits per heavy atom. The highest BCUT2D eigenvalue weighted by Gasteiger charge is 2.13. The first-order valence-electron chi connectivity index (χ1n) is 10.4. The maximum atomic E-state index is 13.4. The Bertz CT molecular complexity index is 1090. The summed E-state index contributed by atoms with van der Waals surface area (Å²) in [5.74, 6) is 2.55. The summed E-state index contributed by atoms with van der Waals surface area (Å²) in [5, 5.41) is 5.74. The Kier molecular flexibility index (Phi) is 7.11. The fourth-order valence-corrected chi connectivity index (χ4v) is 4.34. The van der Waals surface area contributed by atoms with Crippen molar-refractivity contribution in [1.29, 1.82) is 0 Å². The molecule has 0 atom stereocenters. The predicted octanol–water partition coefficient (Wildman–Crippen LogP) is 5.20. The van der Waals surface area contributed by atoms with Crippen molar-refractivity contribution < 1.29 is 13.9 Å². The molecule has 1 fully saturated rings. The van der Waals surface area contributed by atoms with E-state index in [0.29, 0.717) is 17.2 Å². The molecule has 2 amide bonds. The quantitative estimate of drug-likeness (QED) is 0.538. The van der Waals surface area contributed by atoms with Gasteiger partial charge in [0.25, 0.3) is 0 Å². The molecule has 0 radical (unpaired) electrons. The molecule has 2 N–H and O–H groups in total. The molecule has 0 unspecified atom stereocenters. The van der Waals surface area contributed by atoms with Crippen molar-refractivity contribution in [3.8, 4) is 11.6 Å². The number of thioether (sulfide) groups is 1. The number of nitrogens with zero attached hydrogens (tertiary/aromatic N) is 2. The third-order valence-corrected chi connectivity index (χ3v) is 6.08. The van der Waals surface area contributed by atoms with Crippen LogP contribution in [0.3, 0.4) is 0 Å². The van der Waals surface area contributed by atoms with Crippen molar-refractivity contribution in [3.63, 3.8) is 0 Å². The smallest absolute Gasteiger partial charge is 0.319 e. The molecule has 0 spiro atoms. The largest absolute Gasteiger partial charge is 0.439 e. The zero-order chi connectivity index (χ0) is 22.3. The fraction of sp³-hybridized carbons (Fsp3) is 0.250. The van der Waals surface area contributed by atoms with Crippen molar-refractivity contribution in [3.05, 3.63) is 77.7 Å². The summed E-state index contributed by atoms with van der Waals surface area (Å²) in [5.41, 5.74) is 3.64. The summed E-state index contributed by atoms with van der Waals surface area (Å²) in [6.07, 6.45) is 1.59. The van der Waals surface area contributed by atoms with Crippen molar-refractivity contribution >= 4 is 29.2 Å². The van der Waals surface area contributed by atoms with E-state index in [1.165, 1.54) is 17.8 Å². The average molecular weight is 453 g/mol. The minimum absolute atomic E-state index is 0.215. The van der Waals surface area contributed by atoms with Gasteiger partial charge in [0.15, 0.2) is 0 Å². The van der Waals surface area contributed by atoms with Gasteiger partial charge in [-0.15, -0.1) is 0 Å². The van der Waals surface area contributed by atoms with Gasteiger partial charge in [-0.3, -0.25) is 0 Å². The summed E-state index contributed by atoms with van der Waals surface area (Å²) >= 11 is 1.98. The van der Waals surface area contributed by atoms with E-state index in [-0.39, 0.29) is 12.6 Å². The number of rotatable bonds is 6. The van der Waals surface area contributed by atoms with E-state index in [4.69, 9.17) is 4.74 Å². The Morgan fingerprint density at radius 3 is 2.78 bits per heavy atom. The lowest BCUT2D eigenvalue weighted by Gasteiger charge is -2.29. The lowest BCUT2D eigenvalue weighted by Crippen LogP contribution is -2.32. The molecule has 1 aromatic heterocycles. The zero-order valence-electron chi connectivity index (χ0n) is 17.8. The highest BCUT2D eigenvalue weighted by molar-refractivity contribution is 7.99. The van der Waals surface area contributed by atoms with E-state index in [0.717, 1.165) is 35.8 Å². The van der Waals surface area contributed by atoms with Gasteiger partial charge in [0.2, 0.25) is 5.88 Å². The van der Waals surface area contributed by atoms with Crippen LogP contribution in [0.4, 0.5) is 20.6 Å². The molecule has 2 aromatic carbocycles. The number of hydrogen-bond acceptors (Lipinski definition) is 5. The van der Waals surface area contributed by atoms with Gasteiger partial charge >= 0.3 is 6.03 Å². The first-order chi connectivity index (χ1) is 15.6. The lowest BCUT2D eigenvalue weighted by atomic mass is 10.1. The number of aromatic nitrogens is 1. The molecule has 166 valence electrons. The second-order valence-corrected chi connectivity index (χ2v) is 8.66. The lowest BCUT2D eigenvalue weighted by molar-refractivity contribution is 0.251. The highest BCUT2D eigenvalue weighted by atomic mass is 32.2. The monoisotopic (exact) mass is 452 g/mol. The first-order valence-corrected chi connectivity index (χ1v) is 11.6. The van der Waals surface area contributed by atoms with Gasteiger partial charge in [0.1, 0.15) is 11.6 Å². The van der Waals surface area contributed by atoms with Crippen LogP contribution in [0.2, 0.25) is 0 Å². The van der Waals surface area contributed by atoms with Crippen LogP contribution >= 0.6 is 11.8 Å². The second kappa shape index (κ2) is 10.4. The van der Waals surface area contributed by atoms with Crippen LogP contribution in [-0.2, 0) is 6.54 Å². The number of pyridine rings is 1. The molecule has 1 saturated heterocycles. The topological polar surface area (TPSA) is 66.5 Å². The number of nitrogens with one attached hydrogen (secondary N) is 2. The Balaban J connectivity index is 1.36. The molecule has 6 nitrogen and oxygen atoms in total. The summed E-state index contributed by atoms with van der Waals surface area (Å²) in [6, 6.07) is 15.2.